The summed E-state index contributed by atoms with van der Waals surface area (Å²) in [7, 11) is -3.25. The highest BCUT2D eigenvalue weighted by molar-refractivity contribution is 7.91. The number of carbonyl (C=O) groups excluding carboxylic acids is 1. The molecule has 6 atom stereocenters. The maximum absolute atomic E-state index is 15.4. The van der Waals surface area contributed by atoms with Gasteiger partial charge in [-0.1, -0.05) is 47.5 Å². The molecule has 2 saturated heterocycles. The molecule has 1 amide bonds. The molecular formula is C52H63Cl3F4N2O9S2. The van der Waals surface area contributed by atoms with Gasteiger partial charge in [0.1, 0.15) is 31.3 Å². The molecular weight excluding hydrogens is 1040 g/mol. The number of sulfone groups is 2. The second-order valence-electron chi connectivity index (χ2n) is 19.2. The molecule has 4 aromatic carbocycles. The first-order chi connectivity index (χ1) is 33.8. The minimum atomic E-state index is -3.41. The van der Waals surface area contributed by atoms with Gasteiger partial charge in [-0.2, -0.15) is 0 Å². The highest BCUT2D eigenvalue weighted by Crippen LogP contribution is 2.54. The van der Waals surface area contributed by atoms with Gasteiger partial charge < -0.3 is 29.2 Å². The van der Waals surface area contributed by atoms with Crippen LogP contribution >= 0.6 is 35.6 Å². The molecule has 0 radical (unpaired) electrons. The quantitative estimate of drug-likeness (QED) is 0.0759. The van der Waals surface area contributed by atoms with Gasteiger partial charge in [0.25, 0.3) is 0 Å². The second kappa shape index (κ2) is 24.8. The predicted octanol–water partition coefficient (Wildman–Crippen LogP) is 9.30. The Labute approximate surface area is 436 Å². The van der Waals surface area contributed by atoms with E-state index < -0.39 is 66.0 Å². The molecule has 0 aliphatic carbocycles. The third kappa shape index (κ3) is 13.4. The number of benzene rings is 4. The largest absolute Gasteiger partial charge is 0.490 e. The SMILES string of the molecule is CC(=O)N(C)CCCS(=O)(=O)CC[C@@H]1OCC[C@@]2(Cc3ccc(Cl)cc3)c3c(F)ccc(F)c3OC[C@@H]12.CNCCCS(=O)(=O)CC[C@@H]1OCC[C@@]2(Cc3ccc(Cl)cc3)c3c(F)ccc(F)c3OC[C@@H]12.Cl. The first-order valence-electron chi connectivity index (χ1n) is 24.0. The lowest BCUT2D eigenvalue weighted by atomic mass is 9.60. The van der Waals surface area contributed by atoms with Crippen molar-refractivity contribution in [2.75, 3.05) is 76.6 Å². The number of hydrogen-bond acceptors (Lipinski definition) is 10. The van der Waals surface area contributed by atoms with Gasteiger partial charge in [-0.15, -0.1) is 12.4 Å². The maximum atomic E-state index is 15.4. The molecule has 2 fully saturated rings. The van der Waals surface area contributed by atoms with Gasteiger partial charge in [-0.05, 0) is 125 Å². The van der Waals surface area contributed by atoms with Crippen molar-refractivity contribution in [1.82, 2.24) is 10.2 Å². The van der Waals surface area contributed by atoms with E-state index in [0.29, 0.717) is 68.3 Å². The minimum absolute atomic E-state index is 0. The van der Waals surface area contributed by atoms with Crippen LogP contribution in [-0.2, 0) is 57.6 Å². The van der Waals surface area contributed by atoms with Gasteiger partial charge in [-0.25, -0.2) is 34.4 Å². The van der Waals surface area contributed by atoms with Gasteiger partial charge in [0, 0.05) is 77.6 Å². The third-order valence-electron chi connectivity index (χ3n) is 14.7. The number of rotatable bonds is 18. The average Bonchev–Trinajstić information content (AvgIpc) is 3.33. The van der Waals surface area contributed by atoms with E-state index in [1.54, 1.807) is 38.4 Å². The van der Waals surface area contributed by atoms with E-state index in [0.717, 1.165) is 35.4 Å². The molecule has 1 N–H and O–H groups in total. The fourth-order valence-corrected chi connectivity index (χ4v) is 13.9. The van der Waals surface area contributed by atoms with Crippen molar-refractivity contribution in [1.29, 1.82) is 0 Å². The molecule has 0 bridgehead atoms. The second-order valence-corrected chi connectivity index (χ2v) is 24.7. The number of hydrogen-bond donors (Lipinski definition) is 1. The number of ether oxygens (including phenoxy) is 4. The highest BCUT2D eigenvalue weighted by Gasteiger charge is 2.55. The molecule has 0 spiro atoms. The van der Waals surface area contributed by atoms with Gasteiger partial charge in [0.05, 0.1) is 48.4 Å². The van der Waals surface area contributed by atoms with Crippen LogP contribution in [0.5, 0.6) is 11.5 Å². The van der Waals surface area contributed by atoms with Crippen LogP contribution < -0.4 is 14.8 Å². The zero-order chi connectivity index (χ0) is 51.1. The zero-order valence-corrected chi connectivity index (χ0v) is 44.5. The Balaban J connectivity index is 0.000000233. The van der Waals surface area contributed by atoms with Crippen molar-refractivity contribution in [3.05, 3.63) is 128 Å². The Bertz CT molecular complexity index is 2730. The molecule has 72 heavy (non-hydrogen) atoms. The Morgan fingerprint density at radius 2 is 1.06 bits per heavy atom. The number of nitrogens with zero attached hydrogens (tertiary/aromatic N) is 1. The Hall–Kier alpha value is -3.68. The zero-order valence-electron chi connectivity index (χ0n) is 40.6. The minimum Gasteiger partial charge on any atom is -0.490 e. The monoisotopic (exact) mass is 1100 g/mol. The van der Waals surface area contributed by atoms with Gasteiger partial charge in [0.15, 0.2) is 23.1 Å². The van der Waals surface area contributed by atoms with Crippen LogP contribution in [-0.4, -0.2) is 116 Å². The van der Waals surface area contributed by atoms with Crippen LogP contribution in [0.25, 0.3) is 0 Å². The van der Waals surface area contributed by atoms with Crippen LogP contribution in [0.4, 0.5) is 17.6 Å². The molecule has 4 aliphatic heterocycles. The fraction of sp³-hybridized carbons (Fsp3) is 0.519. The Morgan fingerprint density at radius 3 is 1.46 bits per heavy atom. The predicted molar refractivity (Wildman–Crippen MR) is 273 cm³/mol. The third-order valence-corrected chi connectivity index (χ3v) is 18.7. The van der Waals surface area contributed by atoms with E-state index in [1.165, 1.54) is 11.8 Å². The Morgan fingerprint density at radius 1 is 0.653 bits per heavy atom. The van der Waals surface area contributed by atoms with E-state index in [9.17, 15) is 30.4 Å². The first kappa shape index (κ1) is 57.6. The van der Waals surface area contributed by atoms with E-state index in [4.69, 9.17) is 42.1 Å². The summed E-state index contributed by atoms with van der Waals surface area (Å²) in [6.45, 7) is 3.25. The van der Waals surface area contributed by atoms with Gasteiger partial charge in [-0.3, -0.25) is 4.79 Å². The van der Waals surface area contributed by atoms with Crippen molar-refractivity contribution in [3.8, 4) is 11.5 Å². The van der Waals surface area contributed by atoms with Gasteiger partial charge >= 0.3 is 0 Å². The summed E-state index contributed by atoms with van der Waals surface area (Å²) in [5.74, 6) is -3.30. The van der Waals surface area contributed by atoms with Crippen LogP contribution in [0.1, 0.15) is 67.7 Å². The van der Waals surface area contributed by atoms with Gasteiger partial charge in [0.2, 0.25) is 5.91 Å². The van der Waals surface area contributed by atoms with Crippen LogP contribution in [0.2, 0.25) is 10.0 Å². The van der Waals surface area contributed by atoms with Crippen molar-refractivity contribution < 1.29 is 58.1 Å². The highest BCUT2D eigenvalue weighted by atomic mass is 35.5. The lowest BCUT2D eigenvalue weighted by molar-refractivity contribution is -0.127. The van der Waals surface area contributed by atoms with E-state index >= 15 is 8.78 Å². The number of amides is 1. The van der Waals surface area contributed by atoms with Crippen molar-refractivity contribution in [2.24, 2.45) is 11.8 Å². The standard InChI is InChI=1S/C27H32ClF2NO5S.C25H30ClF2NO4S.ClH/c1-18(32)31(2)12-3-14-37(33,34)15-10-24-21-17-36-26-23(30)9-8-22(29)25(26)27(21,11-13-35-24)16-19-4-6-20(28)7-5-19;1-29-11-2-13-34(30,31)14-9-22-19-16-33-24-21(28)8-7-20(27)23(24)25(19,10-12-32-22)15-17-3-5-18(26)6-4-17;/h4-9,21,24H,3,10-17H2,1-2H3;3-8,19,22,29H,2,9-16H2,1H3;1H/t21-,24-,27-;19-,22-,25-;/m00./s1. The fourth-order valence-electron chi connectivity index (χ4n) is 10.9. The topological polar surface area (TPSA) is 138 Å². The van der Waals surface area contributed by atoms with Crippen molar-refractivity contribution >= 4 is 61.2 Å². The molecule has 0 unspecified atom stereocenters. The molecule has 20 heteroatoms. The lowest BCUT2D eigenvalue weighted by Crippen LogP contribution is -2.55. The lowest BCUT2D eigenvalue weighted by Gasteiger charge is -2.51. The summed E-state index contributed by atoms with van der Waals surface area (Å²) in [6, 6.07) is 19.0. The molecule has 4 aliphatic rings. The Kier molecular flexibility index (Phi) is 19.8. The van der Waals surface area contributed by atoms with Crippen LogP contribution in [0.15, 0.2) is 72.8 Å². The smallest absolute Gasteiger partial charge is 0.219 e. The number of halogens is 7. The van der Waals surface area contributed by atoms with E-state index in [2.05, 4.69) is 5.32 Å². The van der Waals surface area contributed by atoms with E-state index in [1.807, 2.05) is 24.3 Å². The normalized spacial score (nSPS) is 23.3. The molecule has 8 rings (SSSR count). The molecule has 0 saturated carbocycles. The van der Waals surface area contributed by atoms with Crippen LogP contribution in [0.3, 0.4) is 0 Å². The maximum Gasteiger partial charge on any atom is 0.219 e. The summed E-state index contributed by atoms with van der Waals surface area (Å²) in [5, 5.41) is 4.12. The molecule has 11 nitrogen and oxygen atoms in total. The summed E-state index contributed by atoms with van der Waals surface area (Å²) >= 11 is 12.1. The van der Waals surface area contributed by atoms with E-state index in [-0.39, 0.29) is 108 Å². The van der Waals surface area contributed by atoms with Crippen molar-refractivity contribution in [2.45, 2.75) is 81.3 Å². The number of nitrogens with one attached hydrogen (secondary N) is 1. The summed E-state index contributed by atoms with van der Waals surface area (Å²) in [6.07, 6.45) is 2.19. The molecule has 396 valence electrons. The summed E-state index contributed by atoms with van der Waals surface area (Å²) < 4.78 is 134. The summed E-state index contributed by atoms with van der Waals surface area (Å²) in [5.41, 5.74) is 0.655. The molecule has 0 aromatic heterocycles. The number of carbonyl (C=O) groups is 1. The number of fused-ring (bicyclic) bond motifs is 6. The average molecular weight is 1110 g/mol. The summed E-state index contributed by atoms with van der Waals surface area (Å²) in [4.78, 5) is 12.8. The first-order valence-corrected chi connectivity index (χ1v) is 28.4. The molecule has 4 aromatic rings. The van der Waals surface area contributed by atoms with Crippen LogP contribution in [0, 0.1) is 35.1 Å². The molecule has 4 heterocycles. The van der Waals surface area contributed by atoms with Crippen molar-refractivity contribution in [3.63, 3.8) is 0 Å².